The van der Waals surface area contributed by atoms with Gasteiger partial charge < -0.3 is 10.3 Å². The number of carbonyl (C=O) groups is 1. The summed E-state index contributed by atoms with van der Waals surface area (Å²) in [6.45, 7) is 3.85. The highest BCUT2D eigenvalue weighted by atomic mass is 16.1. The Morgan fingerprint density at radius 3 is 2.58 bits per heavy atom. The van der Waals surface area contributed by atoms with Crippen molar-refractivity contribution in [2.45, 2.75) is 13.8 Å². The number of amides is 1. The van der Waals surface area contributed by atoms with Crippen LogP contribution in [0.2, 0.25) is 0 Å². The summed E-state index contributed by atoms with van der Waals surface area (Å²) in [6, 6.07) is 13.2. The SMILES string of the molecule is Cc1nc2ccc(C(=O)Nc3ccc4cc[nH]c4c3)cc2nc1C. The van der Waals surface area contributed by atoms with Crippen LogP contribution in [0.15, 0.2) is 48.7 Å². The predicted octanol–water partition coefficient (Wildman–Crippen LogP) is 3.98. The number of carbonyl (C=O) groups excluding carboxylic acids is 1. The predicted molar refractivity (Wildman–Crippen MR) is 95.3 cm³/mol. The third kappa shape index (κ3) is 2.50. The molecule has 0 fully saturated rings. The summed E-state index contributed by atoms with van der Waals surface area (Å²) < 4.78 is 0. The summed E-state index contributed by atoms with van der Waals surface area (Å²) in [7, 11) is 0. The summed E-state index contributed by atoms with van der Waals surface area (Å²) in [5, 5.41) is 4.03. The van der Waals surface area contributed by atoms with Crippen molar-refractivity contribution in [2.24, 2.45) is 0 Å². The second kappa shape index (κ2) is 5.45. The fraction of sp³-hybridized carbons (Fsp3) is 0.105. The van der Waals surface area contributed by atoms with Gasteiger partial charge in [0.2, 0.25) is 0 Å². The van der Waals surface area contributed by atoms with Gasteiger partial charge in [0.1, 0.15) is 0 Å². The first-order valence-electron chi connectivity index (χ1n) is 7.74. The van der Waals surface area contributed by atoms with E-state index in [4.69, 9.17) is 0 Å². The number of benzene rings is 2. The number of hydrogen-bond acceptors (Lipinski definition) is 3. The van der Waals surface area contributed by atoms with Gasteiger partial charge in [-0.25, -0.2) is 9.97 Å². The van der Waals surface area contributed by atoms with Crippen LogP contribution < -0.4 is 5.32 Å². The Hall–Kier alpha value is -3.21. The topological polar surface area (TPSA) is 70.7 Å². The molecule has 0 saturated carbocycles. The molecule has 24 heavy (non-hydrogen) atoms. The van der Waals surface area contributed by atoms with Crippen molar-refractivity contribution in [1.82, 2.24) is 15.0 Å². The zero-order valence-electron chi connectivity index (χ0n) is 13.4. The molecule has 5 heteroatoms. The molecule has 4 aromatic rings. The molecule has 0 radical (unpaired) electrons. The Morgan fingerprint density at radius 1 is 0.958 bits per heavy atom. The van der Waals surface area contributed by atoms with Gasteiger partial charge in [0, 0.05) is 23.0 Å². The van der Waals surface area contributed by atoms with Gasteiger partial charge in [-0.3, -0.25) is 4.79 Å². The lowest BCUT2D eigenvalue weighted by molar-refractivity contribution is 0.102. The van der Waals surface area contributed by atoms with Crippen LogP contribution >= 0.6 is 0 Å². The van der Waals surface area contributed by atoms with Crippen molar-refractivity contribution in [3.63, 3.8) is 0 Å². The van der Waals surface area contributed by atoms with E-state index in [1.165, 1.54) is 0 Å². The molecule has 0 aliphatic carbocycles. The van der Waals surface area contributed by atoms with E-state index in [2.05, 4.69) is 20.3 Å². The smallest absolute Gasteiger partial charge is 0.255 e. The van der Waals surface area contributed by atoms with Crippen molar-refractivity contribution in [3.8, 4) is 0 Å². The third-order valence-electron chi connectivity index (χ3n) is 4.15. The molecule has 0 aliphatic heterocycles. The molecule has 0 bridgehead atoms. The van der Waals surface area contributed by atoms with Crippen LogP contribution in [0, 0.1) is 13.8 Å². The minimum absolute atomic E-state index is 0.164. The lowest BCUT2D eigenvalue weighted by Crippen LogP contribution is -2.12. The van der Waals surface area contributed by atoms with E-state index in [1.807, 2.05) is 50.4 Å². The van der Waals surface area contributed by atoms with E-state index >= 15 is 0 Å². The summed E-state index contributed by atoms with van der Waals surface area (Å²) in [5.74, 6) is -0.164. The maximum atomic E-state index is 12.5. The molecule has 4 rings (SSSR count). The number of nitrogens with one attached hydrogen (secondary N) is 2. The van der Waals surface area contributed by atoms with E-state index in [9.17, 15) is 4.79 Å². The molecule has 2 aromatic carbocycles. The van der Waals surface area contributed by atoms with Gasteiger partial charge in [0.25, 0.3) is 5.91 Å². The number of H-pyrrole nitrogens is 1. The lowest BCUT2D eigenvalue weighted by Gasteiger charge is -2.07. The number of nitrogens with zero attached hydrogens (tertiary/aromatic N) is 2. The molecule has 0 saturated heterocycles. The van der Waals surface area contributed by atoms with E-state index in [1.54, 1.807) is 12.1 Å². The molecule has 2 aromatic heterocycles. The zero-order chi connectivity index (χ0) is 16.7. The maximum absolute atomic E-state index is 12.5. The molecule has 0 atom stereocenters. The van der Waals surface area contributed by atoms with Gasteiger partial charge in [-0.1, -0.05) is 6.07 Å². The highest BCUT2D eigenvalue weighted by molar-refractivity contribution is 6.06. The largest absolute Gasteiger partial charge is 0.361 e. The number of anilines is 1. The minimum atomic E-state index is -0.164. The molecular formula is C19H16N4O. The summed E-state index contributed by atoms with van der Waals surface area (Å²) in [6.07, 6.45) is 1.88. The van der Waals surface area contributed by atoms with Crippen molar-refractivity contribution >= 4 is 33.5 Å². The first kappa shape index (κ1) is 14.4. The molecular weight excluding hydrogens is 300 g/mol. The van der Waals surface area contributed by atoms with Crippen LogP contribution in [0.25, 0.3) is 21.9 Å². The molecule has 0 aliphatic rings. The molecule has 0 unspecified atom stereocenters. The van der Waals surface area contributed by atoms with Crippen LogP contribution in [0.4, 0.5) is 5.69 Å². The summed E-state index contributed by atoms with van der Waals surface area (Å²) >= 11 is 0. The van der Waals surface area contributed by atoms with E-state index in [0.29, 0.717) is 5.56 Å². The Bertz CT molecular complexity index is 1080. The monoisotopic (exact) mass is 316 g/mol. The van der Waals surface area contributed by atoms with Gasteiger partial charge in [-0.2, -0.15) is 0 Å². The first-order chi connectivity index (χ1) is 11.6. The van der Waals surface area contributed by atoms with Gasteiger partial charge in [0.05, 0.1) is 22.4 Å². The molecule has 2 heterocycles. The van der Waals surface area contributed by atoms with Crippen molar-refractivity contribution in [2.75, 3.05) is 5.32 Å². The fourth-order valence-corrected chi connectivity index (χ4v) is 2.70. The lowest BCUT2D eigenvalue weighted by atomic mass is 10.1. The Kier molecular flexibility index (Phi) is 3.27. The maximum Gasteiger partial charge on any atom is 0.255 e. The molecule has 0 spiro atoms. The Morgan fingerprint density at radius 2 is 1.75 bits per heavy atom. The van der Waals surface area contributed by atoms with E-state index in [0.717, 1.165) is 39.0 Å². The van der Waals surface area contributed by atoms with Crippen LogP contribution in [-0.4, -0.2) is 20.9 Å². The van der Waals surface area contributed by atoms with Gasteiger partial charge in [-0.05, 0) is 55.6 Å². The molecule has 118 valence electrons. The Labute approximate surface area is 138 Å². The first-order valence-corrected chi connectivity index (χ1v) is 7.74. The normalized spacial score (nSPS) is 11.1. The summed E-state index contributed by atoms with van der Waals surface area (Å²) in [5.41, 5.74) is 5.60. The Balaban J connectivity index is 1.65. The number of hydrogen-bond donors (Lipinski definition) is 2. The second-order valence-corrected chi connectivity index (χ2v) is 5.83. The highest BCUT2D eigenvalue weighted by Crippen LogP contribution is 2.19. The van der Waals surface area contributed by atoms with Crippen LogP contribution in [0.3, 0.4) is 0 Å². The minimum Gasteiger partial charge on any atom is -0.361 e. The van der Waals surface area contributed by atoms with Crippen LogP contribution in [0.1, 0.15) is 21.7 Å². The number of aryl methyl sites for hydroxylation is 2. The van der Waals surface area contributed by atoms with Crippen LogP contribution in [-0.2, 0) is 0 Å². The average molecular weight is 316 g/mol. The van der Waals surface area contributed by atoms with Gasteiger partial charge in [-0.15, -0.1) is 0 Å². The van der Waals surface area contributed by atoms with Gasteiger partial charge >= 0.3 is 0 Å². The number of fused-ring (bicyclic) bond motifs is 2. The second-order valence-electron chi connectivity index (χ2n) is 5.83. The van der Waals surface area contributed by atoms with Crippen LogP contribution in [0.5, 0.6) is 0 Å². The molecule has 5 nitrogen and oxygen atoms in total. The standard InChI is InChI=1S/C19H16N4O/c1-11-12(2)22-18-9-14(4-6-16(18)21-11)19(24)23-15-5-3-13-7-8-20-17(13)10-15/h3-10,20H,1-2H3,(H,23,24). The number of aromatic amines is 1. The molecule has 1 amide bonds. The quantitative estimate of drug-likeness (QED) is 0.587. The van der Waals surface area contributed by atoms with Crippen molar-refractivity contribution in [1.29, 1.82) is 0 Å². The highest BCUT2D eigenvalue weighted by Gasteiger charge is 2.09. The van der Waals surface area contributed by atoms with Crippen molar-refractivity contribution < 1.29 is 4.79 Å². The third-order valence-corrected chi connectivity index (χ3v) is 4.15. The number of rotatable bonds is 2. The molecule has 2 N–H and O–H groups in total. The van der Waals surface area contributed by atoms with E-state index in [-0.39, 0.29) is 5.91 Å². The summed E-state index contributed by atoms with van der Waals surface area (Å²) in [4.78, 5) is 24.7. The zero-order valence-corrected chi connectivity index (χ0v) is 13.4. The van der Waals surface area contributed by atoms with E-state index < -0.39 is 0 Å². The number of aromatic nitrogens is 3. The van der Waals surface area contributed by atoms with Crippen molar-refractivity contribution in [3.05, 3.63) is 65.6 Å². The average Bonchev–Trinajstić information content (AvgIpc) is 3.03. The van der Waals surface area contributed by atoms with Gasteiger partial charge in [0.15, 0.2) is 0 Å². The fourth-order valence-electron chi connectivity index (χ4n) is 2.70.